The molecule has 0 unspecified atom stereocenters. The monoisotopic (exact) mass is 547 g/mol. The minimum Gasteiger partial charge on any atom is -0.339 e. The minimum absolute atomic E-state index is 0.00201. The summed E-state index contributed by atoms with van der Waals surface area (Å²) in [6.07, 6.45) is 4.84. The second kappa shape index (κ2) is 11.2. The van der Waals surface area contributed by atoms with Crippen molar-refractivity contribution in [3.63, 3.8) is 0 Å². The van der Waals surface area contributed by atoms with Crippen LogP contribution >= 0.6 is 0 Å². The Bertz CT molecular complexity index is 1530. The largest absolute Gasteiger partial charge is 0.339 e. The highest BCUT2D eigenvalue weighted by Gasteiger charge is 2.37. The van der Waals surface area contributed by atoms with Crippen molar-refractivity contribution in [1.29, 1.82) is 0 Å². The number of fused-ring (bicyclic) bond motifs is 1. The maximum atomic E-state index is 16.0. The highest BCUT2D eigenvalue weighted by Crippen LogP contribution is 2.40. The third-order valence-corrected chi connectivity index (χ3v) is 8.66. The molecule has 40 heavy (non-hydrogen) atoms. The van der Waals surface area contributed by atoms with Crippen LogP contribution in [0.25, 0.3) is 10.9 Å². The average Bonchev–Trinajstić information content (AvgIpc) is 3.57. The zero-order valence-corrected chi connectivity index (χ0v) is 23.8. The number of ketones is 1. The third kappa shape index (κ3) is 5.34. The van der Waals surface area contributed by atoms with Crippen LogP contribution in [-0.2, 0) is 13.0 Å². The van der Waals surface area contributed by atoms with Crippen LogP contribution in [-0.4, -0.2) is 30.5 Å². The molecule has 3 nitrogen and oxygen atoms in total. The maximum absolute atomic E-state index is 16.0. The number of quaternary nitrogens is 1. The molecule has 1 aliphatic rings. The lowest BCUT2D eigenvalue weighted by Gasteiger charge is -2.36. The topological polar surface area (TPSA) is 22.0 Å². The second-order valence-electron chi connectivity index (χ2n) is 12.0. The van der Waals surface area contributed by atoms with E-state index in [2.05, 4.69) is 44.6 Å². The highest BCUT2D eigenvalue weighted by molar-refractivity contribution is 6.10. The van der Waals surface area contributed by atoms with Gasteiger partial charge in [0.05, 0.1) is 25.7 Å². The number of nitrogens with zero attached hydrogens (tertiary/aromatic N) is 2. The molecule has 0 N–H and O–H groups in total. The van der Waals surface area contributed by atoms with Crippen molar-refractivity contribution in [2.45, 2.75) is 70.9 Å². The number of hydrogen-bond acceptors (Lipinski definition) is 1. The van der Waals surface area contributed by atoms with Crippen LogP contribution in [0.4, 0.5) is 18.9 Å². The molecule has 0 amide bonds. The predicted molar refractivity (Wildman–Crippen MR) is 156 cm³/mol. The van der Waals surface area contributed by atoms with Gasteiger partial charge in [0.2, 0.25) is 0 Å². The Kier molecular flexibility index (Phi) is 7.92. The third-order valence-electron chi connectivity index (χ3n) is 8.66. The Morgan fingerprint density at radius 2 is 1.60 bits per heavy atom. The summed E-state index contributed by atoms with van der Waals surface area (Å²) in [7, 11) is 4.17. The molecule has 0 spiro atoms. The number of rotatable bonds is 9. The summed E-state index contributed by atoms with van der Waals surface area (Å²) in [5.74, 6) is -2.26. The van der Waals surface area contributed by atoms with Crippen molar-refractivity contribution < 1.29 is 18.0 Å². The summed E-state index contributed by atoms with van der Waals surface area (Å²) < 4.78 is 45.9. The number of aryl methyl sites for hydroxylation is 1. The predicted octanol–water partition coefficient (Wildman–Crippen LogP) is 8.56. The van der Waals surface area contributed by atoms with Crippen LogP contribution in [0.1, 0.15) is 79.0 Å². The summed E-state index contributed by atoms with van der Waals surface area (Å²) >= 11 is 0. The number of benzene rings is 3. The molecule has 1 heterocycles. The van der Waals surface area contributed by atoms with Gasteiger partial charge in [-0.3, -0.25) is 9.28 Å². The van der Waals surface area contributed by atoms with Crippen LogP contribution in [0, 0.1) is 17.5 Å². The Balaban J connectivity index is 1.64. The van der Waals surface area contributed by atoms with Crippen LogP contribution in [0.2, 0.25) is 0 Å². The highest BCUT2D eigenvalue weighted by atomic mass is 19.2. The van der Waals surface area contributed by atoms with Gasteiger partial charge in [-0.1, -0.05) is 50.2 Å². The Morgan fingerprint density at radius 3 is 2.25 bits per heavy atom. The van der Waals surface area contributed by atoms with Gasteiger partial charge in [0.25, 0.3) is 0 Å². The fraction of sp³-hybridized carbons (Fsp3) is 0.382. The molecule has 1 saturated carbocycles. The molecule has 0 saturated heterocycles. The van der Waals surface area contributed by atoms with E-state index in [-0.39, 0.29) is 30.4 Å². The van der Waals surface area contributed by atoms with Crippen LogP contribution in [0.5, 0.6) is 0 Å². The molecule has 0 atom stereocenters. The summed E-state index contributed by atoms with van der Waals surface area (Å²) in [6, 6.07) is 17.7. The number of Topliss-reactive ketones (excluding diaryl/α,β-unsaturated/α-hetero) is 1. The lowest BCUT2D eigenvalue weighted by molar-refractivity contribution is 0.0983. The Morgan fingerprint density at radius 1 is 0.900 bits per heavy atom. The lowest BCUT2D eigenvalue weighted by Crippen LogP contribution is -2.49. The molecule has 210 valence electrons. The minimum atomic E-state index is -0.926. The number of halogens is 3. The summed E-state index contributed by atoms with van der Waals surface area (Å²) in [5.41, 5.74) is 4.54. The quantitative estimate of drug-likeness (QED) is 0.152. The van der Waals surface area contributed by atoms with Crippen LogP contribution in [0.3, 0.4) is 0 Å². The molecular weight excluding hydrogens is 509 g/mol. The molecule has 1 aliphatic carbocycles. The van der Waals surface area contributed by atoms with E-state index in [0.717, 1.165) is 54.6 Å². The smallest absolute Gasteiger partial charge is 0.184 e. The first kappa shape index (κ1) is 28.2. The number of hydrogen-bond donors (Lipinski definition) is 0. The SMILES string of the molecule is CC(C)c1c(C(=O)CCc2ccc(F)c(F)c2)c2cc(F)c([N+](C)(C)C3CCCC3)cc2n1Cc1ccccc1. The zero-order valence-electron chi connectivity index (χ0n) is 23.8. The fourth-order valence-electron chi connectivity index (χ4n) is 6.47. The fourth-order valence-corrected chi connectivity index (χ4v) is 6.47. The molecule has 0 bridgehead atoms. The van der Waals surface area contributed by atoms with E-state index in [1.165, 1.54) is 6.07 Å². The number of aromatic nitrogens is 1. The average molecular weight is 548 g/mol. The van der Waals surface area contributed by atoms with Crippen molar-refractivity contribution in [3.8, 4) is 0 Å². The molecule has 6 heteroatoms. The van der Waals surface area contributed by atoms with E-state index in [4.69, 9.17) is 0 Å². The Labute approximate surface area is 234 Å². The summed E-state index contributed by atoms with van der Waals surface area (Å²) in [6.45, 7) is 4.67. The van der Waals surface area contributed by atoms with Gasteiger partial charge in [-0.05, 0) is 67.3 Å². The first-order valence-electron chi connectivity index (χ1n) is 14.3. The number of carbonyl (C=O) groups is 1. The van der Waals surface area contributed by atoms with Gasteiger partial charge >= 0.3 is 0 Å². The molecule has 1 aromatic heterocycles. The van der Waals surface area contributed by atoms with Crippen LogP contribution < -0.4 is 4.48 Å². The second-order valence-corrected chi connectivity index (χ2v) is 12.0. The maximum Gasteiger partial charge on any atom is 0.184 e. The van der Waals surface area contributed by atoms with Gasteiger partial charge < -0.3 is 4.57 Å². The molecule has 4 aromatic rings. The molecule has 0 aliphatic heterocycles. The molecule has 0 radical (unpaired) electrons. The normalized spacial score (nSPS) is 14.5. The summed E-state index contributed by atoms with van der Waals surface area (Å²) in [5, 5.41) is 0.614. The molecular formula is C34H38F3N2O+. The molecule has 3 aromatic carbocycles. The van der Waals surface area contributed by atoms with Crippen molar-refractivity contribution in [1.82, 2.24) is 9.05 Å². The first-order chi connectivity index (χ1) is 19.1. The lowest BCUT2D eigenvalue weighted by atomic mass is 9.95. The van der Waals surface area contributed by atoms with Gasteiger partial charge in [-0.2, -0.15) is 0 Å². The van der Waals surface area contributed by atoms with Crippen molar-refractivity contribution in [3.05, 3.63) is 100 Å². The van der Waals surface area contributed by atoms with Gasteiger partial charge in [-0.15, -0.1) is 0 Å². The van der Waals surface area contributed by atoms with Crippen molar-refractivity contribution >= 4 is 22.4 Å². The van der Waals surface area contributed by atoms with Gasteiger partial charge in [-0.25, -0.2) is 13.2 Å². The van der Waals surface area contributed by atoms with Crippen molar-refractivity contribution in [2.75, 3.05) is 14.1 Å². The van der Waals surface area contributed by atoms with E-state index in [0.29, 0.717) is 39.3 Å². The van der Waals surface area contributed by atoms with Gasteiger partial charge in [0.1, 0.15) is 0 Å². The standard InChI is InChI=1S/C34H38F3N2O/c1-22(2)34-33(32(40)17-15-23-14-16-27(35)28(36)18-23)26-19-29(37)31(39(3,4)25-12-8-9-13-25)20-30(26)38(34)21-24-10-6-5-7-11-24/h5-7,10-11,14,16,18-20,22,25H,8-9,12-13,15,17,21H2,1-4H3/q+1. The first-order valence-corrected chi connectivity index (χ1v) is 14.3. The Hall–Kier alpha value is -3.38. The van der Waals surface area contributed by atoms with E-state index >= 15 is 4.39 Å². The molecule has 5 rings (SSSR count). The zero-order chi connectivity index (χ0) is 28.6. The van der Waals surface area contributed by atoms with Gasteiger partial charge in [0.15, 0.2) is 28.9 Å². The van der Waals surface area contributed by atoms with E-state index < -0.39 is 11.6 Å². The molecule has 1 fully saturated rings. The van der Waals surface area contributed by atoms with Crippen LogP contribution in [0.15, 0.2) is 60.7 Å². The van der Waals surface area contributed by atoms with E-state index in [9.17, 15) is 13.6 Å². The van der Waals surface area contributed by atoms with Gasteiger partial charge in [0, 0.05) is 35.7 Å². The van der Waals surface area contributed by atoms with E-state index in [1.807, 2.05) is 24.3 Å². The number of carbonyl (C=O) groups excluding carboxylic acids is 1. The summed E-state index contributed by atoms with van der Waals surface area (Å²) in [4.78, 5) is 13.9. The van der Waals surface area contributed by atoms with Crippen molar-refractivity contribution in [2.24, 2.45) is 0 Å². The van der Waals surface area contributed by atoms with E-state index in [1.54, 1.807) is 6.07 Å².